The molecule has 0 unspecified atom stereocenters. The van der Waals surface area contributed by atoms with E-state index in [0.29, 0.717) is 5.56 Å². The molecule has 0 saturated carbocycles. The summed E-state index contributed by atoms with van der Waals surface area (Å²) in [7, 11) is 1.19. The van der Waals surface area contributed by atoms with Crippen LogP contribution in [-0.4, -0.2) is 35.7 Å². The SMILES string of the molecule is COC(=O)[C@H](CCC(C)=O)NC(=O)Cc1cccc([N+](=O)[O-])c1. The number of non-ortho nitro benzene ring substituents is 1. The van der Waals surface area contributed by atoms with Crippen molar-refractivity contribution in [2.45, 2.75) is 32.2 Å². The third-order valence-electron chi connectivity index (χ3n) is 3.09. The third-order valence-corrected chi connectivity index (χ3v) is 3.09. The molecule has 8 heteroatoms. The zero-order valence-electron chi connectivity index (χ0n) is 12.9. The van der Waals surface area contributed by atoms with Crippen LogP contribution in [0, 0.1) is 10.1 Å². The molecule has 0 aliphatic carbocycles. The van der Waals surface area contributed by atoms with Crippen molar-refractivity contribution in [3.63, 3.8) is 0 Å². The van der Waals surface area contributed by atoms with Crippen LogP contribution in [0.25, 0.3) is 0 Å². The van der Waals surface area contributed by atoms with Crippen molar-refractivity contribution in [1.29, 1.82) is 0 Å². The van der Waals surface area contributed by atoms with Gasteiger partial charge in [0.2, 0.25) is 5.91 Å². The van der Waals surface area contributed by atoms with E-state index in [0.717, 1.165) is 0 Å². The molecular weight excluding hydrogens is 304 g/mol. The number of esters is 1. The van der Waals surface area contributed by atoms with Crippen molar-refractivity contribution in [3.05, 3.63) is 39.9 Å². The average Bonchev–Trinajstić information content (AvgIpc) is 2.50. The van der Waals surface area contributed by atoms with Crippen molar-refractivity contribution in [2.75, 3.05) is 7.11 Å². The number of carbonyl (C=O) groups excluding carboxylic acids is 3. The number of nitro groups is 1. The summed E-state index contributed by atoms with van der Waals surface area (Å²) >= 11 is 0. The molecule has 1 atom stereocenters. The summed E-state index contributed by atoms with van der Waals surface area (Å²) in [5, 5.41) is 13.2. The fourth-order valence-corrected chi connectivity index (χ4v) is 1.95. The summed E-state index contributed by atoms with van der Waals surface area (Å²) in [5.74, 6) is -1.23. The Morgan fingerprint density at radius 3 is 2.61 bits per heavy atom. The molecule has 1 aromatic carbocycles. The Kier molecular flexibility index (Phi) is 6.85. The summed E-state index contributed by atoms with van der Waals surface area (Å²) in [5.41, 5.74) is 0.336. The number of nitrogens with one attached hydrogen (secondary N) is 1. The van der Waals surface area contributed by atoms with E-state index < -0.39 is 22.8 Å². The van der Waals surface area contributed by atoms with Gasteiger partial charge in [-0.3, -0.25) is 14.9 Å². The van der Waals surface area contributed by atoms with Crippen LogP contribution in [0.4, 0.5) is 5.69 Å². The number of carbonyl (C=O) groups is 3. The largest absolute Gasteiger partial charge is 0.467 e. The van der Waals surface area contributed by atoms with Gasteiger partial charge in [-0.05, 0) is 18.9 Å². The van der Waals surface area contributed by atoms with Crippen molar-refractivity contribution >= 4 is 23.3 Å². The van der Waals surface area contributed by atoms with Crippen molar-refractivity contribution in [2.24, 2.45) is 0 Å². The number of methoxy groups -OCH3 is 1. The standard InChI is InChI=1S/C15H18N2O6/c1-10(18)6-7-13(15(20)23-2)16-14(19)9-11-4-3-5-12(8-11)17(21)22/h3-5,8,13H,6-7,9H2,1-2H3,(H,16,19)/t13-/m0/s1. The molecule has 0 heterocycles. The quantitative estimate of drug-likeness (QED) is 0.436. The molecule has 0 aromatic heterocycles. The average molecular weight is 322 g/mol. The van der Waals surface area contributed by atoms with Gasteiger partial charge in [-0.25, -0.2) is 4.79 Å². The smallest absolute Gasteiger partial charge is 0.328 e. The number of nitro benzene ring substituents is 1. The fourth-order valence-electron chi connectivity index (χ4n) is 1.95. The van der Waals surface area contributed by atoms with E-state index in [4.69, 9.17) is 0 Å². The molecule has 8 nitrogen and oxygen atoms in total. The molecule has 0 fully saturated rings. The molecule has 0 aliphatic heterocycles. The minimum absolute atomic E-state index is 0.105. The van der Waals surface area contributed by atoms with Crippen LogP contribution in [0.1, 0.15) is 25.3 Å². The van der Waals surface area contributed by atoms with Crippen LogP contribution in [0.5, 0.6) is 0 Å². The Morgan fingerprint density at radius 1 is 1.35 bits per heavy atom. The van der Waals surface area contributed by atoms with E-state index in [2.05, 4.69) is 10.1 Å². The number of hydrogen-bond acceptors (Lipinski definition) is 6. The second-order valence-electron chi connectivity index (χ2n) is 4.99. The Bertz CT molecular complexity index is 614. The topological polar surface area (TPSA) is 116 Å². The van der Waals surface area contributed by atoms with Gasteiger partial charge in [0.1, 0.15) is 11.8 Å². The lowest BCUT2D eigenvalue weighted by molar-refractivity contribution is -0.384. The molecule has 23 heavy (non-hydrogen) atoms. The maximum absolute atomic E-state index is 12.0. The van der Waals surface area contributed by atoms with E-state index >= 15 is 0 Å². The predicted molar refractivity (Wildman–Crippen MR) is 80.7 cm³/mol. The summed E-state index contributed by atoms with van der Waals surface area (Å²) < 4.78 is 4.59. The van der Waals surface area contributed by atoms with E-state index in [1.807, 2.05) is 0 Å². The number of ketones is 1. The second-order valence-corrected chi connectivity index (χ2v) is 4.99. The Morgan fingerprint density at radius 2 is 2.04 bits per heavy atom. The molecule has 1 amide bonds. The minimum Gasteiger partial charge on any atom is -0.467 e. The summed E-state index contributed by atoms with van der Waals surface area (Å²) in [6.07, 6.45) is 0.161. The van der Waals surface area contributed by atoms with Crippen molar-refractivity contribution < 1.29 is 24.0 Å². The highest BCUT2D eigenvalue weighted by atomic mass is 16.6. The highest BCUT2D eigenvalue weighted by Gasteiger charge is 2.22. The molecule has 0 saturated heterocycles. The minimum atomic E-state index is -0.921. The van der Waals surface area contributed by atoms with Gasteiger partial charge in [-0.15, -0.1) is 0 Å². The molecule has 0 spiro atoms. The molecule has 124 valence electrons. The second kappa shape index (κ2) is 8.62. The van der Waals surface area contributed by atoms with E-state index in [-0.39, 0.29) is 30.7 Å². The molecule has 0 bridgehead atoms. The number of nitrogens with zero attached hydrogens (tertiary/aromatic N) is 1. The van der Waals surface area contributed by atoms with Crippen LogP contribution in [-0.2, 0) is 25.5 Å². The normalized spacial score (nSPS) is 11.4. The van der Waals surface area contributed by atoms with Gasteiger partial charge in [0.05, 0.1) is 18.5 Å². The summed E-state index contributed by atoms with van der Waals surface area (Å²) in [6.45, 7) is 1.39. The summed E-state index contributed by atoms with van der Waals surface area (Å²) in [6, 6.07) is 4.76. The zero-order valence-corrected chi connectivity index (χ0v) is 12.9. The van der Waals surface area contributed by atoms with Gasteiger partial charge in [0.25, 0.3) is 5.69 Å². The Hall–Kier alpha value is -2.77. The van der Waals surface area contributed by atoms with Crippen LogP contribution >= 0.6 is 0 Å². The monoisotopic (exact) mass is 322 g/mol. The number of hydrogen-bond donors (Lipinski definition) is 1. The highest BCUT2D eigenvalue weighted by Crippen LogP contribution is 2.13. The number of benzene rings is 1. The van der Waals surface area contributed by atoms with Crippen molar-refractivity contribution in [1.82, 2.24) is 5.32 Å². The maximum Gasteiger partial charge on any atom is 0.328 e. The van der Waals surface area contributed by atoms with Gasteiger partial charge in [-0.2, -0.15) is 0 Å². The number of amides is 1. The highest BCUT2D eigenvalue weighted by molar-refractivity contribution is 5.86. The number of ether oxygens (including phenoxy) is 1. The van der Waals surface area contributed by atoms with Gasteiger partial charge in [0, 0.05) is 18.6 Å². The first-order chi connectivity index (χ1) is 10.8. The lowest BCUT2D eigenvalue weighted by Crippen LogP contribution is -2.42. The van der Waals surface area contributed by atoms with Crippen LogP contribution < -0.4 is 5.32 Å². The van der Waals surface area contributed by atoms with Gasteiger partial charge in [-0.1, -0.05) is 12.1 Å². The van der Waals surface area contributed by atoms with E-state index in [1.165, 1.54) is 32.2 Å². The number of rotatable bonds is 8. The number of Topliss-reactive ketones (excluding diaryl/α,β-unsaturated/α-hetero) is 1. The maximum atomic E-state index is 12.0. The molecule has 1 rings (SSSR count). The molecular formula is C15H18N2O6. The van der Waals surface area contributed by atoms with Crippen LogP contribution in [0.2, 0.25) is 0 Å². The lowest BCUT2D eigenvalue weighted by Gasteiger charge is -2.15. The zero-order chi connectivity index (χ0) is 17.4. The first kappa shape index (κ1) is 18.3. The molecule has 0 radical (unpaired) electrons. The lowest BCUT2D eigenvalue weighted by atomic mass is 10.1. The molecule has 0 aliphatic rings. The summed E-state index contributed by atoms with van der Waals surface area (Å²) in [4.78, 5) is 44.8. The fraction of sp³-hybridized carbons (Fsp3) is 0.400. The van der Waals surface area contributed by atoms with E-state index in [1.54, 1.807) is 6.07 Å². The van der Waals surface area contributed by atoms with Gasteiger partial charge >= 0.3 is 5.97 Å². The first-order valence-corrected chi connectivity index (χ1v) is 6.93. The van der Waals surface area contributed by atoms with Crippen LogP contribution in [0.3, 0.4) is 0 Å². The molecule has 1 N–H and O–H groups in total. The van der Waals surface area contributed by atoms with Gasteiger partial charge < -0.3 is 14.8 Å². The third kappa shape index (κ3) is 6.25. The van der Waals surface area contributed by atoms with E-state index in [9.17, 15) is 24.5 Å². The Labute approximate surface area is 133 Å². The van der Waals surface area contributed by atoms with Crippen molar-refractivity contribution in [3.8, 4) is 0 Å². The van der Waals surface area contributed by atoms with Gasteiger partial charge in [0.15, 0.2) is 0 Å². The Balaban J connectivity index is 2.71. The van der Waals surface area contributed by atoms with Crippen LogP contribution in [0.15, 0.2) is 24.3 Å². The first-order valence-electron chi connectivity index (χ1n) is 6.93. The predicted octanol–water partition coefficient (Wildman–Crippen LogP) is 1.16. The molecule has 1 aromatic rings.